The van der Waals surface area contributed by atoms with Crippen molar-refractivity contribution in [2.24, 2.45) is 41.4 Å². The first-order chi connectivity index (χ1) is 12.2. The zero-order valence-electron chi connectivity index (χ0n) is 15.9. The van der Waals surface area contributed by atoms with Crippen molar-refractivity contribution in [1.29, 1.82) is 0 Å². The SMILES string of the molecule is CCCCOCC(CCC)OC(=O)C1CC2CC1C1C3C=CC(C3)C21. The highest BCUT2D eigenvalue weighted by Gasteiger charge is 2.62. The van der Waals surface area contributed by atoms with Crippen LogP contribution in [0.5, 0.6) is 0 Å². The fraction of sp³-hybridized carbons (Fsp3) is 0.864. The van der Waals surface area contributed by atoms with Crippen molar-refractivity contribution in [3.05, 3.63) is 12.2 Å². The van der Waals surface area contributed by atoms with Gasteiger partial charge >= 0.3 is 5.97 Å². The Bertz CT molecular complexity index is 513. The number of fused-ring (bicyclic) bond motifs is 9. The van der Waals surface area contributed by atoms with Gasteiger partial charge in [0.2, 0.25) is 0 Å². The van der Waals surface area contributed by atoms with Crippen molar-refractivity contribution in [1.82, 2.24) is 0 Å². The number of esters is 1. The lowest BCUT2D eigenvalue weighted by molar-refractivity contribution is -0.161. The Kier molecular flexibility index (Phi) is 5.22. The van der Waals surface area contributed by atoms with Crippen LogP contribution in [0.1, 0.15) is 58.8 Å². The van der Waals surface area contributed by atoms with Crippen LogP contribution in [0, 0.1) is 41.4 Å². The molecule has 4 aliphatic rings. The molecule has 25 heavy (non-hydrogen) atoms. The Labute approximate surface area is 152 Å². The van der Waals surface area contributed by atoms with Crippen LogP contribution in [0.3, 0.4) is 0 Å². The Morgan fingerprint density at radius 1 is 1.08 bits per heavy atom. The summed E-state index contributed by atoms with van der Waals surface area (Å²) in [6, 6.07) is 0. The average Bonchev–Trinajstić information content (AvgIpc) is 3.37. The number of unbranched alkanes of at least 4 members (excludes halogenated alkanes) is 1. The third-order valence-electron chi connectivity index (χ3n) is 7.41. The van der Waals surface area contributed by atoms with Crippen LogP contribution in [0.15, 0.2) is 12.2 Å². The summed E-state index contributed by atoms with van der Waals surface area (Å²) >= 11 is 0. The van der Waals surface area contributed by atoms with E-state index < -0.39 is 0 Å². The van der Waals surface area contributed by atoms with Gasteiger partial charge in [-0.1, -0.05) is 38.8 Å². The van der Waals surface area contributed by atoms with Crippen LogP contribution in [0.4, 0.5) is 0 Å². The summed E-state index contributed by atoms with van der Waals surface area (Å²) in [7, 11) is 0. The monoisotopic (exact) mass is 346 g/mol. The van der Waals surface area contributed by atoms with E-state index in [4.69, 9.17) is 9.47 Å². The van der Waals surface area contributed by atoms with Crippen molar-refractivity contribution in [3.63, 3.8) is 0 Å². The molecule has 4 bridgehead atoms. The predicted octanol–water partition coefficient (Wildman–Crippen LogP) is 4.61. The summed E-state index contributed by atoms with van der Waals surface area (Å²) in [5.74, 6) is 4.84. The maximum Gasteiger partial charge on any atom is 0.309 e. The van der Waals surface area contributed by atoms with Gasteiger partial charge in [-0.3, -0.25) is 4.79 Å². The number of ether oxygens (including phenoxy) is 2. The average molecular weight is 347 g/mol. The summed E-state index contributed by atoms with van der Waals surface area (Å²) in [6.07, 6.45) is 12.7. The first-order valence-electron chi connectivity index (χ1n) is 10.7. The second-order valence-corrected chi connectivity index (χ2v) is 8.88. The molecule has 0 aromatic rings. The molecule has 0 amide bonds. The highest BCUT2D eigenvalue weighted by molar-refractivity contribution is 5.74. The minimum Gasteiger partial charge on any atom is -0.460 e. The molecule has 0 radical (unpaired) electrons. The Morgan fingerprint density at radius 2 is 1.88 bits per heavy atom. The summed E-state index contributed by atoms with van der Waals surface area (Å²) in [6.45, 7) is 5.66. The summed E-state index contributed by atoms with van der Waals surface area (Å²) < 4.78 is 11.7. The number of hydrogen-bond donors (Lipinski definition) is 0. The van der Waals surface area contributed by atoms with Gasteiger partial charge in [0.1, 0.15) is 6.10 Å². The van der Waals surface area contributed by atoms with E-state index in [-0.39, 0.29) is 18.0 Å². The van der Waals surface area contributed by atoms with Gasteiger partial charge in [0.05, 0.1) is 12.5 Å². The molecule has 3 saturated carbocycles. The molecule has 0 heterocycles. The van der Waals surface area contributed by atoms with Crippen LogP contribution in [0.2, 0.25) is 0 Å². The third kappa shape index (κ3) is 3.18. The highest BCUT2D eigenvalue weighted by Crippen LogP contribution is 2.67. The first-order valence-corrected chi connectivity index (χ1v) is 10.7. The maximum atomic E-state index is 12.9. The molecule has 3 nitrogen and oxygen atoms in total. The molecule has 140 valence electrons. The molecule has 8 atom stereocenters. The number of carbonyl (C=O) groups excluding carboxylic acids is 1. The van der Waals surface area contributed by atoms with Crippen molar-refractivity contribution in [2.45, 2.75) is 64.9 Å². The van der Waals surface area contributed by atoms with Crippen LogP contribution in [-0.2, 0) is 14.3 Å². The molecule has 0 aromatic heterocycles. The molecule has 0 spiro atoms. The van der Waals surface area contributed by atoms with E-state index >= 15 is 0 Å². The van der Waals surface area contributed by atoms with E-state index in [1.165, 1.54) is 12.8 Å². The van der Waals surface area contributed by atoms with Crippen LogP contribution < -0.4 is 0 Å². The summed E-state index contributed by atoms with van der Waals surface area (Å²) in [5, 5.41) is 0. The number of allylic oxidation sites excluding steroid dienone is 2. The lowest BCUT2D eigenvalue weighted by Crippen LogP contribution is -2.37. The van der Waals surface area contributed by atoms with Gasteiger partial charge in [0, 0.05) is 6.61 Å². The fourth-order valence-corrected chi connectivity index (χ4v) is 6.50. The molecule has 0 aliphatic heterocycles. The highest BCUT2D eigenvalue weighted by atomic mass is 16.6. The Hall–Kier alpha value is -0.830. The Balaban J connectivity index is 1.33. The van der Waals surface area contributed by atoms with Gasteiger partial charge < -0.3 is 9.47 Å². The quantitative estimate of drug-likeness (QED) is 0.265. The van der Waals surface area contributed by atoms with E-state index in [1.54, 1.807) is 0 Å². The molecular weight excluding hydrogens is 312 g/mol. The van der Waals surface area contributed by atoms with Crippen LogP contribution >= 0.6 is 0 Å². The molecule has 8 unspecified atom stereocenters. The van der Waals surface area contributed by atoms with Crippen molar-refractivity contribution >= 4 is 5.97 Å². The maximum absolute atomic E-state index is 12.9. The standard InChI is InChI=1S/C22H34O3/c1-3-5-9-24-13-17(6-4-2)25-22(23)19-12-16-11-18(19)21-15-8-7-14(10-15)20(16)21/h7-8,14-21H,3-6,9-13H2,1-2H3. The van der Waals surface area contributed by atoms with Gasteiger partial charge in [-0.2, -0.15) is 0 Å². The molecule has 0 saturated heterocycles. The summed E-state index contributed by atoms with van der Waals surface area (Å²) in [5.41, 5.74) is 0. The van der Waals surface area contributed by atoms with Crippen LogP contribution in [-0.4, -0.2) is 25.3 Å². The third-order valence-corrected chi connectivity index (χ3v) is 7.41. The molecular formula is C22H34O3. The minimum absolute atomic E-state index is 0.0517. The lowest BCUT2D eigenvalue weighted by atomic mass is 9.69. The van der Waals surface area contributed by atoms with Gasteiger partial charge in [0.25, 0.3) is 0 Å². The van der Waals surface area contributed by atoms with Gasteiger partial charge in [-0.05, 0) is 67.6 Å². The zero-order valence-corrected chi connectivity index (χ0v) is 15.9. The summed E-state index contributed by atoms with van der Waals surface area (Å²) in [4.78, 5) is 12.9. The molecule has 3 fully saturated rings. The number of rotatable bonds is 9. The molecule has 4 rings (SSSR count). The fourth-order valence-electron chi connectivity index (χ4n) is 6.50. The van der Waals surface area contributed by atoms with Crippen molar-refractivity contribution in [3.8, 4) is 0 Å². The second kappa shape index (κ2) is 7.42. The molecule has 3 heteroatoms. The van der Waals surface area contributed by atoms with Crippen molar-refractivity contribution in [2.75, 3.05) is 13.2 Å². The Morgan fingerprint density at radius 3 is 2.64 bits per heavy atom. The van der Waals surface area contributed by atoms with E-state index in [0.717, 1.165) is 68.3 Å². The van der Waals surface area contributed by atoms with E-state index in [1.807, 2.05) is 0 Å². The first kappa shape index (κ1) is 17.6. The van der Waals surface area contributed by atoms with Gasteiger partial charge in [0.15, 0.2) is 0 Å². The zero-order chi connectivity index (χ0) is 17.4. The molecule has 4 aliphatic carbocycles. The lowest BCUT2D eigenvalue weighted by Gasteiger charge is -2.36. The topological polar surface area (TPSA) is 35.5 Å². The smallest absolute Gasteiger partial charge is 0.309 e. The van der Waals surface area contributed by atoms with E-state index in [0.29, 0.717) is 12.5 Å². The van der Waals surface area contributed by atoms with Gasteiger partial charge in [-0.15, -0.1) is 0 Å². The number of hydrogen-bond acceptors (Lipinski definition) is 3. The van der Waals surface area contributed by atoms with Gasteiger partial charge in [-0.25, -0.2) is 0 Å². The van der Waals surface area contributed by atoms with Crippen molar-refractivity contribution < 1.29 is 14.3 Å². The normalized spacial score (nSPS) is 41.3. The second-order valence-electron chi connectivity index (χ2n) is 8.88. The largest absolute Gasteiger partial charge is 0.460 e. The van der Waals surface area contributed by atoms with E-state index in [2.05, 4.69) is 26.0 Å². The molecule has 0 aromatic carbocycles. The molecule has 0 N–H and O–H groups in total. The minimum atomic E-state index is -0.0517. The van der Waals surface area contributed by atoms with Crippen LogP contribution in [0.25, 0.3) is 0 Å². The number of carbonyl (C=O) groups is 1. The van der Waals surface area contributed by atoms with E-state index in [9.17, 15) is 4.79 Å². The predicted molar refractivity (Wildman–Crippen MR) is 97.9 cm³/mol.